The molecular weight excluding hydrogens is 129 g/mol. The van der Waals surface area contributed by atoms with Crippen LogP contribution in [0.15, 0.2) is 0 Å². The summed E-state index contributed by atoms with van der Waals surface area (Å²) in [5, 5.41) is 0. The fourth-order valence-corrected chi connectivity index (χ4v) is 2.50. The number of fused-ring (bicyclic) bond motifs is 2. The maximum Gasteiger partial charge on any atom is 0.106 e. The summed E-state index contributed by atoms with van der Waals surface area (Å²) in [6, 6.07) is 0.296. The van der Waals surface area contributed by atoms with Crippen molar-refractivity contribution >= 4 is 0 Å². The van der Waals surface area contributed by atoms with Gasteiger partial charge in [0, 0.05) is 6.04 Å². The van der Waals surface area contributed by atoms with Crippen molar-refractivity contribution < 1.29 is 4.39 Å². The highest BCUT2D eigenvalue weighted by atomic mass is 19.1. The molecule has 0 aromatic rings. The number of hydrogen-bond donors (Lipinski definition) is 1. The van der Waals surface area contributed by atoms with Crippen LogP contribution in [0.4, 0.5) is 4.39 Å². The third-order valence-corrected chi connectivity index (χ3v) is 3.02. The van der Waals surface area contributed by atoms with Crippen molar-refractivity contribution in [1.29, 1.82) is 0 Å². The Labute approximate surface area is 60.8 Å². The van der Waals surface area contributed by atoms with Crippen molar-refractivity contribution in [2.24, 2.45) is 17.6 Å². The van der Waals surface area contributed by atoms with Crippen LogP contribution in [0.2, 0.25) is 0 Å². The molecule has 58 valence electrons. The highest BCUT2D eigenvalue weighted by molar-refractivity contribution is 4.93. The van der Waals surface area contributed by atoms with Gasteiger partial charge in [0.05, 0.1) is 0 Å². The predicted octanol–water partition coefficient (Wildman–Crippen LogP) is 1.47. The van der Waals surface area contributed by atoms with Crippen molar-refractivity contribution in [1.82, 2.24) is 0 Å². The molecule has 0 radical (unpaired) electrons. The first-order chi connectivity index (χ1) is 4.77. The van der Waals surface area contributed by atoms with Crippen LogP contribution in [0.25, 0.3) is 0 Å². The van der Waals surface area contributed by atoms with Crippen LogP contribution < -0.4 is 5.73 Å². The number of alkyl halides is 1. The van der Waals surface area contributed by atoms with Gasteiger partial charge in [0.2, 0.25) is 0 Å². The Kier molecular flexibility index (Phi) is 1.44. The SMILES string of the molecule is NC1C[C@H]2CC[C@H](C1)C2F. The zero-order valence-corrected chi connectivity index (χ0v) is 6.09. The first-order valence-corrected chi connectivity index (χ1v) is 4.17. The van der Waals surface area contributed by atoms with Gasteiger partial charge in [0.1, 0.15) is 6.17 Å². The number of halogens is 1. The van der Waals surface area contributed by atoms with Crippen LogP contribution in [-0.2, 0) is 0 Å². The molecule has 0 aromatic heterocycles. The van der Waals surface area contributed by atoms with Crippen LogP contribution in [0.3, 0.4) is 0 Å². The molecule has 0 amide bonds. The predicted molar refractivity (Wildman–Crippen MR) is 38.3 cm³/mol. The van der Waals surface area contributed by atoms with E-state index in [0.717, 1.165) is 25.7 Å². The molecule has 0 aromatic carbocycles. The van der Waals surface area contributed by atoms with Crippen molar-refractivity contribution in [2.45, 2.75) is 37.9 Å². The minimum absolute atomic E-state index is 0.296. The molecule has 2 aliphatic rings. The molecule has 2 saturated carbocycles. The molecule has 2 fully saturated rings. The molecule has 2 aliphatic carbocycles. The quantitative estimate of drug-likeness (QED) is 0.546. The molecule has 1 nitrogen and oxygen atoms in total. The molecule has 2 bridgehead atoms. The minimum atomic E-state index is -0.514. The van der Waals surface area contributed by atoms with Gasteiger partial charge in [-0.2, -0.15) is 0 Å². The molecule has 2 atom stereocenters. The van der Waals surface area contributed by atoms with Gasteiger partial charge in [-0.3, -0.25) is 0 Å². The average Bonchev–Trinajstić information content (AvgIpc) is 2.20. The lowest BCUT2D eigenvalue weighted by atomic mass is 9.84. The van der Waals surface area contributed by atoms with Gasteiger partial charge in [-0.15, -0.1) is 0 Å². The highest BCUT2D eigenvalue weighted by Gasteiger charge is 2.41. The molecule has 2 N–H and O–H groups in total. The Morgan fingerprint density at radius 3 is 2.10 bits per heavy atom. The van der Waals surface area contributed by atoms with Gasteiger partial charge >= 0.3 is 0 Å². The Balaban J connectivity index is 2.09. The standard InChI is InChI=1S/C8H14FN/c9-8-5-1-2-6(8)4-7(10)3-5/h5-8H,1-4,10H2/t5-,6-,7?,8?/m1/s1. The lowest BCUT2D eigenvalue weighted by molar-refractivity contribution is 0.143. The Bertz CT molecular complexity index is 123. The van der Waals surface area contributed by atoms with Gasteiger partial charge in [-0.25, -0.2) is 4.39 Å². The average molecular weight is 143 g/mol. The van der Waals surface area contributed by atoms with Crippen molar-refractivity contribution in [3.8, 4) is 0 Å². The number of nitrogens with two attached hydrogens (primary N) is 1. The second-order valence-electron chi connectivity index (χ2n) is 3.77. The van der Waals surface area contributed by atoms with E-state index in [1.807, 2.05) is 0 Å². The zero-order chi connectivity index (χ0) is 7.14. The molecule has 0 unspecified atom stereocenters. The molecular formula is C8H14FN. The summed E-state index contributed by atoms with van der Waals surface area (Å²) >= 11 is 0. The Morgan fingerprint density at radius 2 is 1.60 bits per heavy atom. The monoisotopic (exact) mass is 143 g/mol. The van der Waals surface area contributed by atoms with E-state index in [4.69, 9.17) is 5.73 Å². The fourth-order valence-electron chi connectivity index (χ4n) is 2.50. The molecule has 2 heteroatoms. The Morgan fingerprint density at radius 1 is 1.10 bits per heavy atom. The lowest BCUT2D eigenvalue weighted by Crippen LogP contribution is -2.35. The van der Waals surface area contributed by atoms with E-state index in [1.54, 1.807) is 0 Å². The van der Waals surface area contributed by atoms with Crippen molar-refractivity contribution in [3.63, 3.8) is 0 Å². The van der Waals surface area contributed by atoms with E-state index in [0.29, 0.717) is 17.9 Å². The normalized spacial score (nSPS) is 53.4. The van der Waals surface area contributed by atoms with Crippen LogP contribution in [0.1, 0.15) is 25.7 Å². The van der Waals surface area contributed by atoms with E-state index in [-0.39, 0.29) is 0 Å². The molecule has 0 saturated heterocycles. The first kappa shape index (κ1) is 6.59. The summed E-state index contributed by atoms with van der Waals surface area (Å²) in [4.78, 5) is 0. The van der Waals surface area contributed by atoms with Crippen LogP contribution in [0.5, 0.6) is 0 Å². The maximum absolute atomic E-state index is 13.2. The van der Waals surface area contributed by atoms with Crippen molar-refractivity contribution in [3.05, 3.63) is 0 Å². The molecule has 0 spiro atoms. The summed E-state index contributed by atoms with van der Waals surface area (Å²) < 4.78 is 13.2. The van der Waals surface area contributed by atoms with E-state index in [1.165, 1.54) is 0 Å². The van der Waals surface area contributed by atoms with E-state index in [9.17, 15) is 4.39 Å². The van der Waals surface area contributed by atoms with Gasteiger partial charge in [0.25, 0.3) is 0 Å². The van der Waals surface area contributed by atoms with Gasteiger partial charge in [0.15, 0.2) is 0 Å². The first-order valence-electron chi connectivity index (χ1n) is 4.17. The van der Waals surface area contributed by atoms with E-state index in [2.05, 4.69) is 0 Å². The fraction of sp³-hybridized carbons (Fsp3) is 1.00. The second kappa shape index (κ2) is 2.19. The summed E-state index contributed by atoms with van der Waals surface area (Å²) in [6.45, 7) is 0. The maximum atomic E-state index is 13.2. The van der Waals surface area contributed by atoms with Crippen LogP contribution >= 0.6 is 0 Å². The second-order valence-corrected chi connectivity index (χ2v) is 3.77. The zero-order valence-electron chi connectivity index (χ0n) is 6.09. The molecule has 2 rings (SSSR count). The summed E-state index contributed by atoms with van der Waals surface area (Å²) in [5.41, 5.74) is 5.75. The minimum Gasteiger partial charge on any atom is -0.328 e. The highest BCUT2D eigenvalue weighted by Crippen LogP contribution is 2.43. The van der Waals surface area contributed by atoms with Crippen molar-refractivity contribution in [2.75, 3.05) is 0 Å². The summed E-state index contributed by atoms with van der Waals surface area (Å²) in [5.74, 6) is 0.627. The summed E-state index contributed by atoms with van der Waals surface area (Å²) in [7, 11) is 0. The third-order valence-electron chi connectivity index (χ3n) is 3.02. The van der Waals surface area contributed by atoms with Gasteiger partial charge in [-0.1, -0.05) is 0 Å². The van der Waals surface area contributed by atoms with Crippen LogP contribution in [-0.4, -0.2) is 12.2 Å². The number of rotatable bonds is 0. The van der Waals surface area contributed by atoms with E-state index >= 15 is 0 Å². The molecule has 10 heavy (non-hydrogen) atoms. The smallest absolute Gasteiger partial charge is 0.106 e. The van der Waals surface area contributed by atoms with Crippen LogP contribution in [0, 0.1) is 11.8 Å². The molecule has 0 heterocycles. The summed E-state index contributed by atoms with van der Waals surface area (Å²) in [6.07, 6.45) is 3.51. The van der Waals surface area contributed by atoms with Gasteiger partial charge in [-0.05, 0) is 37.5 Å². The third kappa shape index (κ3) is 0.858. The number of hydrogen-bond acceptors (Lipinski definition) is 1. The lowest BCUT2D eigenvalue weighted by Gasteiger charge is -2.27. The topological polar surface area (TPSA) is 26.0 Å². The van der Waals surface area contributed by atoms with E-state index < -0.39 is 6.17 Å². The molecule has 0 aliphatic heterocycles. The Hall–Kier alpha value is -0.110. The van der Waals surface area contributed by atoms with Gasteiger partial charge < -0.3 is 5.73 Å². The largest absolute Gasteiger partial charge is 0.328 e.